The number of nitrogens with one attached hydrogen (secondary N) is 4. The molecule has 1 saturated carbocycles. The molecule has 1 amide bonds. The molecule has 35 heavy (non-hydrogen) atoms. The first-order chi connectivity index (χ1) is 16.7. The third kappa shape index (κ3) is 6.52. The van der Waals surface area contributed by atoms with Gasteiger partial charge in [-0.25, -0.2) is 22.9 Å². The first-order valence-electron chi connectivity index (χ1n) is 12.3. The van der Waals surface area contributed by atoms with Crippen LogP contribution in [-0.4, -0.2) is 57.3 Å². The Balaban J connectivity index is 1.48. The highest BCUT2D eigenvalue weighted by Crippen LogP contribution is 2.40. The number of aromatic nitrogens is 1. The molecule has 1 aliphatic heterocycles. The summed E-state index contributed by atoms with van der Waals surface area (Å²) in [4.78, 5) is 17.7. The summed E-state index contributed by atoms with van der Waals surface area (Å²) in [6.07, 6.45) is 4.85. The lowest BCUT2D eigenvalue weighted by Gasteiger charge is -2.29. The van der Waals surface area contributed by atoms with Crippen LogP contribution >= 0.6 is 11.3 Å². The number of rotatable bonds is 9. The van der Waals surface area contributed by atoms with Crippen molar-refractivity contribution in [1.29, 1.82) is 0 Å². The minimum Gasteiger partial charge on any atom is -0.447 e. The Hall–Kier alpha value is -2.21. The lowest BCUT2D eigenvalue weighted by atomic mass is 9.86. The molecule has 0 bridgehead atoms. The third-order valence-corrected chi connectivity index (χ3v) is 9.07. The van der Waals surface area contributed by atoms with Gasteiger partial charge in [0.1, 0.15) is 0 Å². The summed E-state index contributed by atoms with van der Waals surface area (Å²) in [5.74, 6) is 0.300. The smallest absolute Gasteiger partial charge is 0.407 e. The predicted molar refractivity (Wildman–Crippen MR) is 138 cm³/mol. The van der Waals surface area contributed by atoms with Gasteiger partial charge in [-0.15, -0.1) is 11.3 Å². The van der Waals surface area contributed by atoms with E-state index in [1.165, 1.54) is 0 Å². The van der Waals surface area contributed by atoms with Crippen molar-refractivity contribution in [2.24, 2.45) is 0 Å². The van der Waals surface area contributed by atoms with Crippen molar-refractivity contribution in [3.63, 3.8) is 0 Å². The fourth-order valence-corrected chi connectivity index (χ4v) is 6.91. The van der Waals surface area contributed by atoms with Crippen molar-refractivity contribution in [3.8, 4) is 10.4 Å². The van der Waals surface area contributed by atoms with Crippen LogP contribution in [-0.2, 0) is 14.8 Å². The van der Waals surface area contributed by atoms with Gasteiger partial charge in [0, 0.05) is 49.0 Å². The summed E-state index contributed by atoms with van der Waals surface area (Å²) in [6, 6.07) is 5.95. The van der Waals surface area contributed by atoms with Crippen LogP contribution in [0.4, 0.5) is 10.5 Å². The van der Waals surface area contributed by atoms with Gasteiger partial charge in [-0.05, 0) is 51.7 Å². The highest BCUT2D eigenvalue weighted by molar-refractivity contribution is 7.89. The second-order valence-electron chi connectivity index (χ2n) is 9.42. The van der Waals surface area contributed by atoms with Crippen LogP contribution in [0.25, 0.3) is 10.4 Å². The zero-order valence-corrected chi connectivity index (χ0v) is 22.1. The topological polar surface area (TPSA) is 121 Å². The molecular weight excluding hydrogens is 486 g/mol. The van der Waals surface area contributed by atoms with Gasteiger partial charge in [0.05, 0.1) is 26.9 Å². The van der Waals surface area contributed by atoms with E-state index in [-0.39, 0.29) is 23.1 Å². The molecule has 1 aromatic carbocycles. The maximum absolute atomic E-state index is 13.0. The zero-order chi connectivity index (χ0) is 25.0. The van der Waals surface area contributed by atoms with Gasteiger partial charge in [-0.2, -0.15) is 0 Å². The van der Waals surface area contributed by atoms with Crippen molar-refractivity contribution in [2.75, 3.05) is 25.0 Å². The van der Waals surface area contributed by atoms with Gasteiger partial charge in [-0.3, -0.25) is 0 Å². The van der Waals surface area contributed by atoms with E-state index >= 15 is 0 Å². The number of hydrogen-bond acceptors (Lipinski definition) is 8. The van der Waals surface area contributed by atoms with Crippen molar-refractivity contribution in [3.05, 3.63) is 29.4 Å². The lowest BCUT2D eigenvalue weighted by Crippen LogP contribution is -2.51. The molecule has 0 spiro atoms. The molecule has 1 aromatic heterocycles. The summed E-state index contributed by atoms with van der Waals surface area (Å²) < 4.78 is 33.9. The van der Waals surface area contributed by atoms with Gasteiger partial charge in [-0.1, -0.05) is 13.0 Å². The zero-order valence-electron chi connectivity index (χ0n) is 20.5. The second-order valence-corrected chi connectivity index (χ2v) is 12.2. The predicted octanol–water partition coefficient (Wildman–Crippen LogP) is 3.65. The van der Waals surface area contributed by atoms with Gasteiger partial charge in [0.25, 0.3) is 0 Å². The molecule has 0 radical (unpaired) electrons. The molecule has 4 rings (SSSR count). The molecule has 1 saturated heterocycles. The van der Waals surface area contributed by atoms with Crippen molar-refractivity contribution >= 4 is 33.1 Å². The number of alkyl carbamates (subject to hydrolysis) is 1. The monoisotopic (exact) mass is 521 g/mol. The van der Waals surface area contributed by atoms with Crippen LogP contribution in [0.3, 0.4) is 0 Å². The Labute approximate surface area is 211 Å². The molecular formula is C24H35N5O4S2. The number of nitrogens with zero attached hydrogens (tertiary/aromatic N) is 1. The van der Waals surface area contributed by atoms with Crippen molar-refractivity contribution in [1.82, 2.24) is 20.3 Å². The quantitative estimate of drug-likeness (QED) is 0.397. The van der Waals surface area contributed by atoms with Crippen LogP contribution in [0.5, 0.6) is 0 Å². The summed E-state index contributed by atoms with van der Waals surface area (Å²) in [5.41, 5.74) is 1.46. The highest BCUT2D eigenvalue weighted by atomic mass is 32.2. The Morgan fingerprint density at radius 3 is 2.57 bits per heavy atom. The Kier molecular flexibility index (Phi) is 8.31. The lowest BCUT2D eigenvalue weighted by molar-refractivity contribution is 0.109. The van der Waals surface area contributed by atoms with Gasteiger partial charge in [0.15, 0.2) is 0 Å². The largest absolute Gasteiger partial charge is 0.447 e. The normalized spacial score (nSPS) is 20.9. The summed E-state index contributed by atoms with van der Waals surface area (Å²) in [5, 5.41) is 10.6. The summed E-state index contributed by atoms with van der Waals surface area (Å²) in [7, 11) is -3.66. The number of anilines is 1. The average Bonchev–Trinajstić information content (AvgIpc) is 3.26. The van der Waals surface area contributed by atoms with Crippen LogP contribution < -0.4 is 20.7 Å². The van der Waals surface area contributed by atoms with Crippen LogP contribution in [0.15, 0.2) is 29.3 Å². The molecule has 1 aliphatic carbocycles. The van der Waals surface area contributed by atoms with E-state index in [9.17, 15) is 13.2 Å². The molecule has 2 heterocycles. The maximum atomic E-state index is 13.0. The molecule has 2 aromatic rings. The Morgan fingerprint density at radius 2 is 1.94 bits per heavy atom. The number of thiazole rings is 1. The van der Waals surface area contributed by atoms with Crippen molar-refractivity contribution in [2.45, 2.75) is 75.5 Å². The number of benzene rings is 1. The molecule has 4 N–H and O–H groups in total. The highest BCUT2D eigenvalue weighted by Gasteiger charge is 2.27. The molecule has 9 nitrogen and oxygen atoms in total. The van der Waals surface area contributed by atoms with Crippen LogP contribution in [0, 0.1) is 0 Å². The molecule has 0 atom stereocenters. The first-order valence-corrected chi connectivity index (χ1v) is 14.6. The number of ether oxygens (including phenoxy) is 1. The SMILES string of the molecule is CCNS(=O)(=O)c1cc(NC2CNC2)ccc1-c1cnc([C@H]2CC[C@H](NC(=O)OC(C)C)CC2)s1. The summed E-state index contributed by atoms with van der Waals surface area (Å²) in [6.45, 7) is 7.50. The van der Waals surface area contributed by atoms with Crippen LogP contribution in [0.1, 0.15) is 57.4 Å². The van der Waals surface area contributed by atoms with Gasteiger partial charge in [0.2, 0.25) is 10.0 Å². The standard InChI is InChI=1S/C24H35N5O4S2/c1-4-27-35(31,32)22-11-18(28-19-12-25-13-19)9-10-20(22)21-14-26-23(34-21)16-5-7-17(8-6-16)29-24(30)33-15(2)3/h9-11,14-17,19,25,27-28H,4-8,12-13H2,1-3H3,(H,29,30)/t16-,17-. The number of carbonyl (C=O) groups excluding carboxylic acids is 1. The fraction of sp³-hybridized carbons (Fsp3) is 0.583. The molecule has 0 unspecified atom stereocenters. The minimum atomic E-state index is -3.66. The Morgan fingerprint density at radius 1 is 1.20 bits per heavy atom. The molecule has 2 fully saturated rings. The number of sulfonamides is 1. The Bertz CT molecular complexity index is 1120. The second kappa shape index (κ2) is 11.2. The number of hydrogen-bond donors (Lipinski definition) is 4. The first kappa shape index (κ1) is 25.9. The average molecular weight is 522 g/mol. The number of amides is 1. The van der Waals surface area contributed by atoms with Gasteiger partial charge >= 0.3 is 6.09 Å². The van der Waals surface area contributed by atoms with Gasteiger partial charge < -0.3 is 20.7 Å². The maximum Gasteiger partial charge on any atom is 0.407 e. The minimum absolute atomic E-state index is 0.111. The molecule has 11 heteroatoms. The molecule has 2 aliphatic rings. The van der Waals surface area contributed by atoms with E-state index in [4.69, 9.17) is 4.74 Å². The van der Waals surface area contributed by atoms with Crippen LogP contribution in [0.2, 0.25) is 0 Å². The van der Waals surface area contributed by atoms with E-state index in [1.807, 2.05) is 26.0 Å². The third-order valence-electron chi connectivity index (χ3n) is 6.29. The van der Waals surface area contributed by atoms with E-state index < -0.39 is 10.0 Å². The fourth-order valence-electron chi connectivity index (χ4n) is 4.43. The van der Waals surface area contributed by atoms with Crippen molar-refractivity contribution < 1.29 is 17.9 Å². The van der Waals surface area contributed by atoms with E-state index in [0.29, 0.717) is 24.1 Å². The number of carbonyl (C=O) groups is 1. The van der Waals surface area contributed by atoms with E-state index in [2.05, 4.69) is 25.7 Å². The summed E-state index contributed by atoms with van der Waals surface area (Å²) >= 11 is 1.55. The van der Waals surface area contributed by atoms with E-state index in [1.54, 1.807) is 30.5 Å². The van der Waals surface area contributed by atoms with E-state index in [0.717, 1.165) is 54.3 Å². The molecule has 192 valence electrons.